The molecule has 6 heteroatoms. The maximum Gasteiger partial charge on any atom is 0.415 e. The number of ether oxygens (including phenoxy) is 1. The third-order valence-corrected chi connectivity index (χ3v) is 2.59. The Hall–Kier alpha value is -1.27. The van der Waals surface area contributed by atoms with Gasteiger partial charge in [0.15, 0.2) is 6.10 Å². The molecule has 2 atom stereocenters. The smallest absolute Gasteiger partial charge is 0.415 e. The molecule has 0 amide bonds. The Balaban J connectivity index is 2.57. The molecule has 1 aromatic rings. The zero-order valence-electron chi connectivity index (χ0n) is 10.2. The molecule has 0 aliphatic heterocycles. The molecule has 0 aliphatic rings. The van der Waals surface area contributed by atoms with Crippen molar-refractivity contribution in [1.82, 2.24) is 5.32 Å². The van der Waals surface area contributed by atoms with Gasteiger partial charge in [-0.3, -0.25) is 0 Å². The summed E-state index contributed by atoms with van der Waals surface area (Å²) in [5, 5.41) is 11.5. The van der Waals surface area contributed by atoms with Crippen molar-refractivity contribution >= 4 is 0 Å². The molecule has 3 nitrogen and oxygen atoms in total. The van der Waals surface area contributed by atoms with Gasteiger partial charge in [0.1, 0.15) is 5.75 Å². The third-order valence-electron chi connectivity index (χ3n) is 2.59. The van der Waals surface area contributed by atoms with Gasteiger partial charge in [-0.2, -0.15) is 13.2 Å². The Morgan fingerprint density at radius 3 is 2.61 bits per heavy atom. The summed E-state index contributed by atoms with van der Waals surface area (Å²) in [7, 11) is 1.52. The van der Waals surface area contributed by atoms with Crippen LogP contribution in [-0.4, -0.2) is 31.0 Å². The Morgan fingerprint density at radius 1 is 1.39 bits per heavy atom. The van der Waals surface area contributed by atoms with E-state index in [1.54, 1.807) is 31.2 Å². The molecule has 0 radical (unpaired) electrons. The summed E-state index contributed by atoms with van der Waals surface area (Å²) in [6.45, 7) is 1.18. The van der Waals surface area contributed by atoms with Crippen LogP contribution >= 0.6 is 0 Å². The molecule has 0 aromatic heterocycles. The molecule has 102 valence electrons. The van der Waals surface area contributed by atoms with Gasteiger partial charge >= 0.3 is 6.18 Å². The molecule has 0 bridgehead atoms. The number of aliphatic hydroxyl groups excluding tert-OH is 1. The molecule has 0 spiro atoms. The molecule has 0 heterocycles. The number of hydrogen-bond donors (Lipinski definition) is 2. The first-order valence-electron chi connectivity index (χ1n) is 5.46. The summed E-state index contributed by atoms with van der Waals surface area (Å²) in [5.74, 6) is 0.637. The van der Waals surface area contributed by atoms with Crippen LogP contribution in [0.1, 0.15) is 18.5 Å². The molecule has 2 N–H and O–H groups in total. The van der Waals surface area contributed by atoms with Crippen LogP contribution in [0.3, 0.4) is 0 Å². The number of nitrogens with one attached hydrogen (secondary N) is 1. The zero-order valence-corrected chi connectivity index (χ0v) is 10.2. The second-order valence-electron chi connectivity index (χ2n) is 3.96. The van der Waals surface area contributed by atoms with Crippen LogP contribution in [0.25, 0.3) is 0 Å². The topological polar surface area (TPSA) is 41.5 Å². The van der Waals surface area contributed by atoms with Gasteiger partial charge in [-0.05, 0) is 24.6 Å². The highest BCUT2D eigenvalue weighted by molar-refractivity contribution is 5.30. The summed E-state index contributed by atoms with van der Waals surface area (Å²) in [5.41, 5.74) is 0.795. The molecular weight excluding hydrogens is 247 g/mol. The normalized spacial score (nSPS) is 15.2. The second-order valence-corrected chi connectivity index (χ2v) is 3.96. The van der Waals surface area contributed by atoms with Crippen molar-refractivity contribution in [1.29, 1.82) is 0 Å². The third kappa shape index (κ3) is 4.19. The fraction of sp³-hybridized carbons (Fsp3) is 0.500. The molecule has 1 unspecified atom stereocenters. The molecule has 0 aliphatic carbocycles. The Morgan fingerprint density at radius 2 is 2.06 bits per heavy atom. The molecule has 1 rings (SSSR count). The minimum absolute atomic E-state index is 0.308. The van der Waals surface area contributed by atoms with Crippen molar-refractivity contribution in [2.24, 2.45) is 0 Å². The Labute approximate surface area is 104 Å². The van der Waals surface area contributed by atoms with Gasteiger partial charge in [-0.15, -0.1) is 0 Å². The summed E-state index contributed by atoms with van der Waals surface area (Å²) in [6.07, 6.45) is -6.95. The Bertz CT molecular complexity index is 382. The number of rotatable bonds is 5. The number of aliphatic hydroxyl groups is 1. The van der Waals surface area contributed by atoms with Crippen LogP contribution in [0, 0.1) is 0 Å². The predicted molar refractivity (Wildman–Crippen MR) is 61.5 cm³/mol. The fourth-order valence-corrected chi connectivity index (χ4v) is 1.43. The van der Waals surface area contributed by atoms with Crippen LogP contribution in [0.4, 0.5) is 13.2 Å². The van der Waals surface area contributed by atoms with Gasteiger partial charge in [0.05, 0.1) is 7.11 Å². The van der Waals surface area contributed by atoms with Gasteiger partial charge in [0, 0.05) is 12.6 Å². The largest absolute Gasteiger partial charge is 0.497 e. The number of methoxy groups -OCH3 is 1. The van der Waals surface area contributed by atoms with Gasteiger partial charge < -0.3 is 15.2 Å². The number of benzene rings is 1. The van der Waals surface area contributed by atoms with Crippen LogP contribution in [-0.2, 0) is 0 Å². The fourth-order valence-electron chi connectivity index (χ4n) is 1.43. The van der Waals surface area contributed by atoms with E-state index in [0.717, 1.165) is 5.56 Å². The van der Waals surface area contributed by atoms with E-state index in [2.05, 4.69) is 5.32 Å². The first kappa shape index (κ1) is 14.8. The van der Waals surface area contributed by atoms with E-state index in [1.807, 2.05) is 0 Å². The maximum absolute atomic E-state index is 12.1. The summed E-state index contributed by atoms with van der Waals surface area (Å²) >= 11 is 0. The average molecular weight is 263 g/mol. The highest BCUT2D eigenvalue weighted by Gasteiger charge is 2.37. The summed E-state index contributed by atoms with van der Waals surface area (Å²) in [4.78, 5) is 0. The van der Waals surface area contributed by atoms with Crippen molar-refractivity contribution in [2.75, 3.05) is 13.7 Å². The monoisotopic (exact) mass is 263 g/mol. The van der Waals surface area contributed by atoms with E-state index < -0.39 is 18.8 Å². The molecule has 0 saturated carbocycles. The quantitative estimate of drug-likeness (QED) is 0.856. The minimum Gasteiger partial charge on any atom is -0.497 e. The van der Waals surface area contributed by atoms with Crippen LogP contribution < -0.4 is 10.1 Å². The van der Waals surface area contributed by atoms with Crippen LogP contribution in [0.5, 0.6) is 5.75 Å². The van der Waals surface area contributed by atoms with Gasteiger partial charge in [-0.25, -0.2) is 0 Å². The highest BCUT2D eigenvalue weighted by Crippen LogP contribution is 2.21. The molecule has 1 aromatic carbocycles. The molecule has 18 heavy (non-hydrogen) atoms. The van der Waals surface area contributed by atoms with Crippen molar-refractivity contribution in [2.45, 2.75) is 25.2 Å². The second kappa shape index (κ2) is 6.06. The molecule has 0 fully saturated rings. The van der Waals surface area contributed by atoms with E-state index >= 15 is 0 Å². The van der Waals surface area contributed by atoms with E-state index in [9.17, 15) is 13.2 Å². The number of alkyl halides is 3. The van der Waals surface area contributed by atoms with Crippen LogP contribution in [0.2, 0.25) is 0 Å². The highest BCUT2D eigenvalue weighted by atomic mass is 19.4. The standard InChI is InChI=1S/C12H16F3NO2/c1-8(16-7-11(17)12(13,14)15)9-4-3-5-10(6-9)18-2/h3-6,8,11,16-17H,7H2,1-2H3/t8-,11?/m1/s1. The summed E-state index contributed by atoms with van der Waals surface area (Å²) < 4.78 is 41.4. The predicted octanol–water partition coefficient (Wildman–Crippen LogP) is 2.27. The SMILES string of the molecule is COc1cccc([C@@H](C)NCC(O)C(F)(F)F)c1. The van der Waals surface area contributed by atoms with E-state index in [1.165, 1.54) is 7.11 Å². The number of halogens is 3. The van der Waals surface area contributed by atoms with E-state index in [0.29, 0.717) is 5.75 Å². The van der Waals surface area contributed by atoms with Crippen LogP contribution in [0.15, 0.2) is 24.3 Å². The Kier molecular flexibility index (Phi) is 4.98. The van der Waals surface area contributed by atoms with E-state index in [-0.39, 0.29) is 6.04 Å². The van der Waals surface area contributed by atoms with Crippen molar-refractivity contribution < 1.29 is 23.0 Å². The van der Waals surface area contributed by atoms with Gasteiger partial charge in [0.25, 0.3) is 0 Å². The first-order chi connectivity index (χ1) is 8.34. The lowest BCUT2D eigenvalue weighted by atomic mass is 10.1. The molecule has 0 saturated heterocycles. The average Bonchev–Trinajstić information content (AvgIpc) is 2.34. The summed E-state index contributed by atoms with van der Waals surface area (Å²) in [6, 6.07) is 6.71. The van der Waals surface area contributed by atoms with Crippen molar-refractivity contribution in [3.05, 3.63) is 29.8 Å². The number of hydrogen-bond acceptors (Lipinski definition) is 3. The van der Waals surface area contributed by atoms with Gasteiger partial charge in [-0.1, -0.05) is 12.1 Å². The lowest BCUT2D eigenvalue weighted by Gasteiger charge is -2.19. The van der Waals surface area contributed by atoms with E-state index in [4.69, 9.17) is 9.84 Å². The lowest BCUT2D eigenvalue weighted by Crippen LogP contribution is -2.39. The zero-order chi connectivity index (χ0) is 13.8. The van der Waals surface area contributed by atoms with Crippen molar-refractivity contribution in [3.63, 3.8) is 0 Å². The van der Waals surface area contributed by atoms with Gasteiger partial charge in [0.2, 0.25) is 0 Å². The molecular formula is C12H16F3NO2. The first-order valence-corrected chi connectivity index (χ1v) is 5.46. The lowest BCUT2D eigenvalue weighted by molar-refractivity contribution is -0.202. The van der Waals surface area contributed by atoms with Crippen molar-refractivity contribution in [3.8, 4) is 5.75 Å². The minimum atomic E-state index is -4.60. The maximum atomic E-state index is 12.1.